The van der Waals surface area contributed by atoms with Gasteiger partial charge in [-0.15, -0.1) is 0 Å². The van der Waals surface area contributed by atoms with Crippen LogP contribution in [-0.4, -0.2) is 34.5 Å². The fraction of sp³-hybridized carbons (Fsp3) is 0.167. The zero-order valence-corrected chi connectivity index (χ0v) is 13.3. The van der Waals surface area contributed by atoms with E-state index in [0.29, 0.717) is 24.2 Å². The summed E-state index contributed by atoms with van der Waals surface area (Å²) < 4.78 is 1.93. The van der Waals surface area contributed by atoms with Gasteiger partial charge in [0.1, 0.15) is 0 Å². The Hall–Kier alpha value is -3.15. The van der Waals surface area contributed by atoms with Crippen molar-refractivity contribution in [1.29, 1.82) is 0 Å². The second-order valence-electron chi connectivity index (χ2n) is 5.42. The Morgan fingerprint density at radius 3 is 2.54 bits per heavy atom. The number of amides is 2. The Bertz CT molecular complexity index is 871. The van der Waals surface area contributed by atoms with E-state index < -0.39 is 0 Å². The summed E-state index contributed by atoms with van der Waals surface area (Å²) in [4.78, 5) is 28.1. The molecule has 2 amide bonds. The molecule has 0 aliphatic heterocycles. The van der Waals surface area contributed by atoms with E-state index in [9.17, 15) is 9.59 Å². The standard InChI is InChI=1S/C18H18N4O2/c1-22-12-15(14-6-2-3-7-16(14)22)18(24)21-10-9-20-17(23)13-5-4-8-19-11-13/h2-8,11-12H,9-10H2,1H3,(H,20,23)(H,21,24). The molecule has 0 saturated carbocycles. The summed E-state index contributed by atoms with van der Waals surface area (Å²) in [7, 11) is 1.91. The first-order valence-electron chi connectivity index (χ1n) is 7.67. The van der Waals surface area contributed by atoms with Gasteiger partial charge in [-0.25, -0.2) is 0 Å². The van der Waals surface area contributed by atoms with Crippen LogP contribution in [0, 0.1) is 0 Å². The number of para-hydroxylation sites is 1. The predicted molar refractivity (Wildman–Crippen MR) is 91.8 cm³/mol. The van der Waals surface area contributed by atoms with E-state index in [-0.39, 0.29) is 11.8 Å². The van der Waals surface area contributed by atoms with Gasteiger partial charge in [-0.3, -0.25) is 14.6 Å². The van der Waals surface area contributed by atoms with Gasteiger partial charge in [-0.2, -0.15) is 0 Å². The smallest absolute Gasteiger partial charge is 0.253 e. The molecular weight excluding hydrogens is 304 g/mol. The van der Waals surface area contributed by atoms with Crippen LogP contribution in [0.25, 0.3) is 10.9 Å². The Balaban J connectivity index is 1.55. The molecule has 0 radical (unpaired) electrons. The molecule has 1 aromatic carbocycles. The number of hydrogen-bond acceptors (Lipinski definition) is 3. The van der Waals surface area contributed by atoms with Crippen molar-refractivity contribution in [3.63, 3.8) is 0 Å². The maximum Gasteiger partial charge on any atom is 0.253 e. The molecular formula is C18H18N4O2. The normalized spacial score (nSPS) is 10.5. The van der Waals surface area contributed by atoms with Crippen LogP contribution in [0.5, 0.6) is 0 Å². The SMILES string of the molecule is Cn1cc(C(=O)NCCNC(=O)c2cccnc2)c2ccccc21. The first kappa shape index (κ1) is 15.7. The Morgan fingerprint density at radius 1 is 1.04 bits per heavy atom. The molecule has 6 heteroatoms. The molecule has 0 bridgehead atoms. The van der Waals surface area contributed by atoms with E-state index in [4.69, 9.17) is 0 Å². The van der Waals surface area contributed by atoms with Gasteiger partial charge in [0.05, 0.1) is 11.1 Å². The van der Waals surface area contributed by atoms with E-state index in [1.165, 1.54) is 6.20 Å². The largest absolute Gasteiger partial charge is 0.350 e. The molecule has 122 valence electrons. The summed E-state index contributed by atoms with van der Waals surface area (Å²) in [5.74, 6) is -0.357. The van der Waals surface area contributed by atoms with Crippen molar-refractivity contribution in [3.05, 3.63) is 66.1 Å². The second kappa shape index (κ2) is 6.95. The highest BCUT2D eigenvalue weighted by atomic mass is 16.2. The van der Waals surface area contributed by atoms with Crippen molar-refractivity contribution in [2.45, 2.75) is 0 Å². The lowest BCUT2D eigenvalue weighted by molar-refractivity contribution is 0.0928. The number of hydrogen-bond donors (Lipinski definition) is 2. The van der Waals surface area contributed by atoms with Crippen molar-refractivity contribution in [2.24, 2.45) is 7.05 Å². The molecule has 2 heterocycles. The highest BCUT2D eigenvalue weighted by Crippen LogP contribution is 2.19. The summed E-state index contributed by atoms with van der Waals surface area (Å²) in [5.41, 5.74) is 2.14. The minimum atomic E-state index is -0.206. The lowest BCUT2D eigenvalue weighted by Crippen LogP contribution is -2.34. The van der Waals surface area contributed by atoms with Crippen molar-refractivity contribution < 1.29 is 9.59 Å². The van der Waals surface area contributed by atoms with Crippen LogP contribution in [0.2, 0.25) is 0 Å². The molecule has 0 unspecified atom stereocenters. The number of pyridine rings is 1. The molecule has 3 aromatic rings. The number of carbonyl (C=O) groups is 2. The van der Waals surface area contributed by atoms with Crippen LogP contribution in [0.3, 0.4) is 0 Å². The molecule has 6 nitrogen and oxygen atoms in total. The molecule has 3 rings (SSSR count). The van der Waals surface area contributed by atoms with Crippen molar-refractivity contribution in [3.8, 4) is 0 Å². The quantitative estimate of drug-likeness (QED) is 0.703. The number of aryl methyl sites for hydroxylation is 1. The molecule has 2 N–H and O–H groups in total. The first-order valence-corrected chi connectivity index (χ1v) is 7.67. The molecule has 0 aliphatic rings. The van der Waals surface area contributed by atoms with Gasteiger partial charge in [0.2, 0.25) is 0 Å². The van der Waals surface area contributed by atoms with Gasteiger partial charge in [0, 0.05) is 49.6 Å². The molecule has 0 atom stereocenters. The van der Waals surface area contributed by atoms with Gasteiger partial charge in [0.25, 0.3) is 11.8 Å². The van der Waals surface area contributed by atoms with Crippen molar-refractivity contribution >= 4 is 22.7 Å². The van der Waals surface area contributed by atoms with E-state index in [0.717, 1.165) is 10.9 Å². The van der Waals surface area contributed by atoms with Crippen LogP contribution in [0.1, 0.15) is 20.7 Å². The van der Waals surface area contributed by atoms with Crippen LogP contribution >= 0.6 is 0 Å². The average Bonchev–Trinajstić information content (AvgIpc) is 2.96. The molecule has 0 spiro atoms. The maximum absolute atomic E-state index is 12.3. The minimum absolute atomic E-state index is 0.151. The number of fused-ring (bicyclic) bond motifs is 1. The molecule has 2 aromatic heterocycles. The Labute approximate surface area is 139 Å². The highest BCUT2D eigenvalue weighted by Gasteiger charge is 2.13. The van der Waals surface area contributed by atoms with Gasteiger partial charge in [0.15, 0.2) is 0 Å². The molecule has 24 heavy (non-hydrogen) atoms. The van der Waals surface area contributed by atoms with Crippen molar-refractivity contribution in [2.75, 3.05) is 13.1 Å². The number of benzene rings is 1. The first-order chi connectivity index (χ1) is 11.7. The summed E-state index contributed by atoms with van der Waals surface area (Å²) in [6, 6.07) is 11.1. The number of rotatable bonds is 5. The minimum Gasteiger partial charge on any atom is -0.350 e. The number of carbonyl (C=O) groups excluding carboxylic acids is 2. The second-order valence-corrected chi connectivity index (χ2v) is 5.42. The average molecular weight is 322 g/mol. The topological polar surface area (TPSA) is 76.0 Å². The summed E-state index contributed by atoms with van der Waals surface area (Å²) >= 11 is 0. The summed E-state index contributed by atoms with van der Waals surface area (Å²) in [6.07, 6.45) is 4.93. The van der Waals surface area contributed by atoms with Crippen LogP contribution in [0.4, 0.5) is 0 Å². The number of nitrogens with one attached hydrogen (secondary N) is 2. The number of aromatic nitrogens is 2. The molecule has 0 fully saturated rings. The van der Waals surface area contributed by atoms with E-state index in [1.807, 2.05) is 42.1 Å². The number of nitrogens with zero attached hydrogens (tertiary/aromatic N) is 2. The third-order valence-electron chi connectivity index (χ3n) is 3.76. The van der Waals surface area contributed by atoms with E-state index in [1.54, 1.807) is 18.3 Å². The van der Waals surface area contributed by atoms with Crippen LogP contribution < -0.4 is 10.6 Å². The van der Waals surface area contributed by atoms with Crippen LogP contribution in [0.15, 0.2) is 55.0 Å². The van der Waals surface area contributed by atoms with Crippen LogP contribution in [-0.2, 0) is 7.05 Å². The third kappa shape index (κ3) is 3.27. The van der Waals surface area contributed by atoms with Gasteiger partial charge < -0.3 is 15.2 Å². The predicted octanol–water partition coefficient (Wildman–Crippen LogP) is 1.73. The summed E-state index contributed by atoms with van der Waals surface area (Å²) in [6.45, 7) is 0.707. The highest BCUT2D eigenvalue weighted by molar-refractivity contribution is 6.07. The lowest BCUT2D eigenvalue weighted by atomic mass is 10.1. The fourth-order valence-corrected chi connectivity index (χ4v) is 2.57. The Kier molecular flexibility index (Phi) is 4.56. The molecule has 0 saturated heterocycles. The van der Waals surface area contributed by atoms with Crippen molar-refractivity contribution in [1.82, 2.24) is 20.2 Å². The van der Waals surface area contributed by atoms with Gasteiger partial charge >= 0.3 is 0 Å². The van der Waals surface area contributed by atoms with Gasteiger partial charge in [-0.1, -0.05) is 18.2 Å². The zero-order chi connectivity index (χ0) is 16.9. The molecule has 0 aliphatic carbocycles. The van der Waals surface area contributed by atoms with Gasteiger partial charge in [-0.05, 0) is 18.2 Å². The van der Waals surface area contributed by atoms with E-state index in [2.05, 4.69) is 15.6 Å². The summed E-state index contributed by atoms with van der Waals surface area (Å²) in [5, 5.41) is 6.49. The Morgan fingerprint density at radius 2 is 1.79 bits per heavy atom. The zero-order valence-electron chi connectivity index (χ0n) is 13.3. The van der Waals surface area contributed by atoms with E-state index >= 15 is 0 Å². The fourth-order valence-electron chi connectivity index (χ4n) is 2.57. The third-order valence-corrected chi connectivity index (χ3v) is 3.76. The lowest BCUT2D eigenvalue weighted by Gasteiger charge is -2.06. The maximum atomic E-state index is 12.3. The monoisotopic (exact) mass is 322 g/mol.